The zero-order valence-electron chi connectivity index (χ0n) is 17.4. The molecule has 0 aliphatic carbocycles. The van der Waals surface area contributed by atoms with Gasteiger partial charge in [-0.2, -0.15) is 0 Å². The number of nitrogens with zero attached hydrogens (tertiary/aromatic N) is 4. The van der Waals surface area contributed by atoms with Crippen LogP contribution in [0.1, 0.15) is 23.6 Å². The molecular formula is C22H27N5OS. The number of fused-ring (bicyclic) bond motifs is 1. The molecule has 0 radical (unpaired) electrons. The minimum Gasteiger partial charge on any atom is -0.353 e. The molecule has 1 unspecified atom stereocenters. The van der Waals surface area contributed by atoms with E-state index in [1.807, 2.05) is 20.8 Å². The molecule has 1 aliphatic heterocycles. The van der Waals surface area contributed by atoms with Crippen molar-refractivity contribution in [1.82, 2.24) is 14.9 Å². The quantitative estimate of drug-likeness (QED) is 0.711. The van der Waals surface area contributed by atoms with Gasteiger partial charge in [0.15, 0.2) is 0 Å². The lowest BCUT2D eigenvalue weighted by molar-refractivity contribution is -0.120. The van der Waals surface area contributed by atoms with Gasteiger partial charge in [0.05, 0.1) is 11.4 Å². The van der Waals surface area contributed by atoms with Gasteiger partial charge in [0, 0.05) is 31.9 Å². The Balaban J connectivity index is 1.41. The zero-order valence-corrected chi connectivity index (χ0v) is 18.2. The van der Waals surface area contributed by atoms with E-state index in [0.29, 0.717) is 0 Å². The Labute approximate surface area is 175 Å². The van der Waals surface area contributed by atoms with Crippen molar-refractivity contribution in [3.05, 3.63) is 46.6 Å². The van der Waals surface area contributed by atoms with Crippen molar-refractivity contribution in [2.75, 3.05) is 36.4 Å². The summed E-state index contributed by atoms with van der Waals surface area (Å²) in [4.78, 5) is 27.3. The highest BCUT2D eigenvalue weighted by Gasteiger charge is 2.27. The van der Waals surface area contributed by atoms with Crippen LogP contribution in [-0.2, 0) is 4.79 Å². The first-order chi connectivity index (χ1) is 13.9. The van der Waals surface area contributed by atoms with Gasteiger partial charge in [0.1, 0.15) is 17.0 Å². The van der Waals surface area contributed by atoms with Crippen molar-refractivity contribution in [3.8, 4) is 0 Å². The van der Waals surface area contributed by atoms with Crippen LogP contribution >= 0.6 is 11.3 Å². The minimum atomic E-state index is -0.177. The lowest BCUT2D eigenvalue weighted by Crippen LogP contribution is -2.53. The van der Waals surface area contributed by atoms with Crippen LogP contribution in [0, 0.1) is 20.8 Å². The number of piperazine rings is 1. The van der Waals surface area contributed by atoms with Crippen molar-refractivity contribution in [1.29, 1.82) is 0 Å². The Kier molecular flexibility index (Phi) is 5.52. The van der Waals surface area contributed by atoms with Gasteiger partial charge in [-0.25, -0.2) is 9.97 Å². The molecule has 1 fully saturated rings. The molecule has 1 aliphatic rings. The third-order valence-corrected chi connectivity index (χ3v) is 6.53. The number of hydrogen-bond donors (Lipinski definition) is 1. The molecule has 0 bridgehead atoms. The van der Waals surface area contributed by atoms with Crippen LogP contribution in [0.15, 0.2) is 29.9 Å². The normalized spacial score (nSPS) is 16.2. The van der Waals surface area contributed by atoms with E-state index in [0.717, 1.165) is 59.0 Å². The number of rotatable bonds is 4. The predicted octanol–water partition coefficient (Wildman–Crippen LogP) is 3.77. The average Bonchev–Trinajstić information content (AvgIpc) is 3.19. The average molecular weight is 410 g/mol. The van der Waals surface area contributed by atoms with Crippen LogP contribution in [-0.4, -0.2) is 53.0 Å². The van der Waals surface area contributed by atoms with E-state index in [4.69, 9.17) is 0 Å². The maximum Gasteiger partial charge on any atom is 0.241 e. The molecule has 1 aromatic carbocycles. The van der Waals surface area contributed by atoms with Crippen LogP contribution in [0.5, 0.6) is 0 Å². The zero-order chi connectivity index (χ0) is 20.5. The molecule has 0 saturated carbocycles. The SMILES string of the molecule is Cc1cc(C)c(NC(=O)C(C)N2CCN(c3ncnc4sccc34)CC2)c(C)c1. The van der Waals surface area contributed by atoms with E-state index >= 15 is 0 Å². The van der Waals surface area contributed by atoms with Crippen molar-refractivity contribution >= 4 is 39.0 Å². The number of anilines is 2. The molecule has 7 heteroatoms. The third kappa shape index (κ3) is 3.97. The lowest BCUT2D eigenvalue weighted by atomic mass is 10.0. The molecule has 1 N–H and O–H groups in total. The summed E-state index contributed by atoms with van der Waals surface area (Å²) in [6.45, 7) is 11.5. The highest BCUT2D eigenvalue weighted by Crippen LogP contribution is 2.28. The second-order valence-electron chi connectivity index (χ2n) is 7.80. The number of aryl methyl sites for hydroxylation is 3. The summed E-state index contributed by atoms with van der Waals surface area (Å²) >= 11 is 1.64. The van der Waals surface area contributed by atoms with Gasteiger partial charge in [0.25, 0.3) is 0 Å². The van der Waals surface area contributed by atoms with Crippen molar-refractivity contribution in [2.45, 2.75) is 33.7 Å². The summed E-state index contributed by atoms with van der Waals surface area (Å²) in [7, 11) is 0. The summed E-state index contributed by atoms with van der Waals surface area (Å²) in [6.07, 6.45) is 1.64. The fourth-order valence-corrected chi connectivity index (χ4v) is 4.85. The second kappa shape index (κ2) is 8.08. The molecule has 6 nitrogen and oxygen atoms in total. The van der Waals surface area contributed by atoms with Gasteiger partial charge < -0.3 is 10.2 Å². The first-order valence-electron chi connectivity index (χ1n) is 10.00. The summed E-state index contributed by atoms with van der Waals surface area (Å²) in [5.74, 6) is 1.05. The maximum absolute atomic E-state index is 12.9. The number of amides is 1. The number of aromatic nitrogens is 2. The fourth-order valence-electron chi connectivity index (χ4n) is 4.12. The van der Waals surface area contributed by atoms with Gasteiger partial charge in [0.2, 0.25) is 5.91 Å². The van der Waals surface area contributed by atoms with Crippen molar-refractivity contribution in [2.24, 2.45) is 0 Å². The fraction of sp³-hybridized carbons (Fsp3) is 0.409. The first-order valence-corrected chi connectivity index (χ1v) is 10.9. The van der Waals surface area contributed by atoms with Gasteiger partial charge in [-0.3, -0.25) is 9.69 Å². The van der Waals surface area contributed by atoms with Crippen LogP contribution in [0.2, 0.25) is 0 Å². The maximum atomic E-state index is 12.9. The molecule has 2 aromatic heterocycles. The molecule has 4 rings (SSSR count). The lowest BCUT2D eigenvalue weighted by Gasteiger charge is -2.38. The van der Waals surface area contributed by atoms with Crippen LogP contribution < -0.4 is 10.2 Å². The first kappa shape index (κ1) is 19.8. The molecule has 152 valence electrons. The van der Waals surface area contributed by atoms with Gasteiger partial charge in [-0.1, -0.05) is 17.7 Å². The Hall–Kier alpha value is -2.51. The summed E-state index contributed by atoms with van der Waals surface area (Å²) in [5.41, 5.74) is 4.37. The molecule has 1 amide bonds. The van der Waals surface area contributed by atoms with Crippen molar-refractivity contribution < 1.29 is 4.79 Å². The number of thiophene rings is 1. The monoisotopic (exact) mass is 409 g/mol. The minimum absolute atomic E-state index is 0.0516. The molecule has 1 atom stereocenters. The van der Waals surface area contributed by atoms with E-state index in [-0.39, 0.29) is 11.9 Å². The van der Waals surface area contributed by atoms with E-state index in [1.165, 1.54) is 5.56 Å². The van der Waals surface area contributed by atoms with E-state index in [2.05, 4.69) is 55.6 Å². The standard InChI is InChI=1S/C22H27N5OS/c1-14-11-15(2)19(16(3)12-14)25-21(28)17(4)26-6-8-27(9-7-26)20-18-5-10-29-22(18)24-13-23-20/h5,10-13,17H,6-9H2,1-4H3,(H,25,28). The van der Waals surface area contributed by atoms with E-state index < -0.39 is 0 Å². The summed E-state index contributed by atoms with van der Waals surface area (Å²) in [5, 5.41) is 6.32. The molecule has 29 heavy (non-hydrogen) atoms. The Morgan fingerprint density at radius 2 is 1.79 bits per heavy atom. The highest BCUT2D eigenvalue weighted by molar-refractivity contribution is 7.16. The van der Waals surface area contributed by atoms with Crippen LogP contribution in [0.3, 0.4) is 0 Å². The number of nitrogens with one attached hydrogen (secondary N) is 1. The largest absolute Gasteiger partial charge is 0.353 e. The Morgan fingerprint density at radius 3 is 2.48 bits per heavy atom. The van der Waals surface area contributed by atoms with Crippen LogP contribution in [0.25, 0.3) is 10.2 Å². The smallest absolute Gasteiger partial charge is 0.241 e. The molecule has 0 spiro atoms. The number of carbonyl (C=O) groups is 1. The Bertz CT molecular complexity index is 1020. The van der Waals surface area contributed by atoms with Gasteiger partial charge >= 0.3 is 0 Å². The van der Waals surface area contributed by atoms with E-state index in [9.17, 15) is 4.79 Å². The van der Waals surface area contributed by atoms with Gasteiger partial charge in [-0.15, -0.1) is 11.3 Å². The van der Waals surface area contributed by atoms with Crippen molar-refractivity contribution in [3.63, 3.8) is 0 Å². The van der Waals surface area contributed by atoms with Crippen LogP contribution in [0.4, 0.5) is 11.5 Å². The highest BCUT2D eigenvalue weighted by atomic mass is 32.1. The molecule has 3 heterocycles. The number of carbonyl (C=O) groups excluding carboxylic acids is 1. The predicted molar refractivity (Wildman–Crippen MR) is 120 cm³/mol. The molecule has 1 saturated heterocycles. The molecular weight excluding hydrogens is 382 g/mol. The topological polar surface area (TPSA) is 61.4 Å². The third-order valence-electron chi connectivity index (χ3n) is 5.71. The van der Waals surface area contributed by atoms with Gasteiger partial charge in [-0.05, 0) is 50.3 Å². The summed E-state index contributed by atoms with van der Waals surface area (Å²) < 4.78 is 0. The number of benzene rings is 1. The Morgan fingerprint density at radius 1 is 1.10 bits per heavy atom. The number of hydrogen-bond acceptors (Lipinski definition) is 6. The summed E-state index contributed by atoms with van der Waals surface area (Å²) in [6, 6.07) is 6.13. The molecule has 3 aromatic rings. The second-order valence-corrected chi connectivity index (χ2v) is 8.69. The van der Waals surface area contributed by atoms with E-state index in [1.54, 1.807) is 17.7 Å².